The van der Waals surface area contributed by atoms with E-state index in [4.69, 9.17) is 22.1 Å². The van der Waals surface area contributed by atoms with E-state index < -0.39 is 0 Å². The maximum absolute atomic E-state index is 5.41. The zero-order valence-electron chi connectivity index (χ0n) is 6.09. The Hall–Kier alpha value is -0.730. The van der Waals surface area contributed by atoms with Gasteiger partial charge in [-0.2, -0.15) is 0 Å². The van der Waals surface area contributed by atoms with Gasteiger partial charge in [-0.05, 0) is 17.7 Å². The second-order valence-corrected chi connectivity index (χ2v) is 2.32. The molecule has 60 valence electrons. The molecule has 2 nitrogen and oxygen atoms in total. The van der Waals surface area contributed by atoms with E-state index in [-0.39, 0.29) is 6.07 Å². The molecule has 2 N–H and O–H groups in total. The summed E-state index contributed by atoms with van der Waals surface area (Å²) >= 11 is 5.36. The van der Waals surface area contributed by atoms with Crippen LogP contribution in [-0.2, 0) is 6.54 Å². The number of rotatable bonds is 3. The summed E-state index contributed by atoms with van der Waals surface area (Å²) in [7, 11) is 0. The molecule has 0 saturated carbocycles. The summed E-state index contributed by atoms with van der Waals surface area (Å²) in [6, 6.07) is 7.72. The molecule has 1 rings (SSSR count). The fraction of sp³-hybridized carbons (Fsp3) is 0.250. The van der Waals surface area contributed by atoms with Gasteiger partial charge in [0.15, 0.2) is 6.07 Å². The fourth-order valence-electron chi connectivity index (χ4n) is 0.785. The number of hydrogen-bond acceptors (Lipinski definition) is 2. The quantitative estimate of drug-likeness (QED) is 0.703. The van der Waals surface area contributed by atoms with Crippen LogP contribution < -0.4 is 10.5 Å². The number of ether oxygens (including phenoxy) is 1. The number of benzene rings is 1. The molecule has 0 spiro atoms. The molecule has 1 aromatic rings. The summed E-state index contributed by atoms with van der Waals surface area (Å²) in [5.74, 6) is 0.775. The minimum Gasteiger partial charge on any atom is -0.478 e. The molecule has 0 aliphatic carbocycles. The lowest BCUT2D eigenvalue weighted by Gasteiger charge is -2.01. The smallest absolute Gasteiger partial charge is 0.162 e. The Bertz CT molecular complexity index is 210. The van der Waals surface area contributed by atoms with E-state index in [1.165, 1.54) is 0 Å². The van der Waals surface area contributed by atoms with Crippen LogP contribution in [0.15, 0.2) is 24.3 Å². The zero-order valence-corrected chi connectivity index (χ0v) is 6.84. The van der Waals surface area contributed by atoms with Crippen molar-refractivity contribution >= 4 is 11.6 Å². The van der Waals surface area contributed by atoms with Gasteiger partial charge in [-0.3, -0.25) is 0 Å². The summed E-state index contributed by atoms with van der Waals surface area (Å²) in [4.78, 5) is 0. The van der Waals surface area contributed by atoms with E-state index in [0.717, 1.165) is 11.3 Å². The van der Waals surface area contributed by atoms with Crippen molar-refractivity contribution < 1.29 is 4.74 Å². The van der Waals surface area contributed by atoms with Gasteiger partial charge in [-0.15, -0.1) is 0 Å². The lowest BCUT2D eigenvalue weighted by Crippen LogP contribution is -1.96. The van der Waals surface area contributed by atoms with Crippen LogP contribution in [0.4, 0.5) is 0 Å². The average Bonchev–Trinajstić information content (AvgIpc) is 2.07. The molecule has 0 bridgehead atoms. The lowest BCUT2D eigenvalue weighted by atomic mass is 10.2. The van der Waals surface area contributed by atoms with Gasteiger partial charge >= 0.3 is 0 Å². The molecule has 0 aliphatic heterocycles. The SMILES string of the molecule is NCc1ccc(OCCl)cc1. The van der Waals surface area contributed by atoms with Crippen molar-refractivity contribution in [3.8, 4) is 5.75 Å². The summed E-state index contributed by atoms with van der Waals surface area (Å²) in [5.41, 5.74) is 6.50. The Morgan fingerprint density at radius 3 is 2.36 bits per heavy atom. The molecule has 0 amide bonds. The third kappa shape index (κ3) is 2.41. The first-order chi connectivity index (χ1) is 5.36. The van der Waals surface area contributed by atoms with Crippen LogP contribution >= 0.6 is 11.6 Å². The molecule has 0 radical (unpaired) electrons. The topological polar surface area (TPSA) is 35.2 Å². The Morgan fingerprint density at radius 2 is 1.91 bits per heavy atom. The van der Waals surface area contributed by atoms with Gasteiger partial charge in [0.05, 0.1) is 0 Å². The van der Waals surface area contributed by atoms with Gasteiger partial charge in [0.25, 0.3) is 0 Å². The first-order valence-electron chi connectivity index (χ1n) is 3.34. The van der Waals surface area contributed by atoms with Crippen LogP contribution in [0, 0.1) is 0 Å². The summed E-state index contributed by atoms with van der Waals surface area (Å²) in [5, 5.41) is 0. The molecule has 11 heavy (non-hydrogen) atoms. The van der Waals surface area contributed by atoms with Crippen LogP contribution in [0.5, 0.6) is 5.75 Å². The number of hydrogen-bond donors (Lipinski definition) is 1. The average molecular weight is 172 g/mol. The van der Waals surface area contributed by atoms with E-state index in [1.807, 2.05) is 24.3 Å². The second kappa shape index (κ2) is 4.21. The third-order valence-electron chi connectivity index (χ3n) is 1.38. The van der Waals surface area contributed by atoms with Crippen LogP contribution in [-0.4, -0.2) is 6.07 Å². The first kappa shape index (κ1) is 8.37. The Kier molecular flexibility index (Phi) is 3.20. The molecule has 0 saturated heterocycles. The van der Waals surface area contributed by atoms with Crippen molar-refractivity contribution in [3.63, 3.8) is 0 Å². The number of alkyl halides is 1. The Balaban J connectivity index is 2.66. The molecular formula is C8H10ClNO. The molecule has 3 heteroatoms. The Morgan fingerprint density at radius 1 is 1.27 bits per heavy atom. The van der Waals surface area contributed by atoms with Gasteiger partial charge < -0.3 is 10.5 Å². The molecule has 1 aromatic carbocycles. The molecular weight excluding hydrogens is 162 g/mol. The summed E-state index contributed by atoms with van der Waals surface area (Å²) in [6.07, 6.45) is 0. The van der Waals surface area contributed by atoms with Gasteiger partial charge in [0, 0.05) is 6.54 Å². The van der Waals surface area contributed by atoms with Crippen LogP contribution in [0.2, 0.25) is 0 Å². The first-order valence-corrected chi connectivity index (χ1v) is 3.88. The van der Waals surface area contributed by atoms with Gasteiger partial charge in [-0.25, -0.2) is 0 Å². The zero-order chi connectivity index (χ0) is 8.10. The highest BCUT2D eigenvalue weighted by Crippen LogP contribution is 2.11. The third-order valence-corrected chi connectivity index (χ3v) is 1.49. The minimum atomic E-state index is 0.183. The maximum atomic E-state index is 5.41. The monoisotopic (exact) mass is 171 g/mol. The standard InChI is InChI=1S/C8H10ClNO/c9-6-11-8-3-1-7(5-10)2-4-8/h1-4H,5-6,10H2. The van der Waals surface area contributed by atoms with Gasteiger partial charge in [0.1, 0.15) is 5.75 Å². The Labute approximate surface area is 70.9 Å². The highest BCUT2D eigenvalue weighted by molar-refractivity contribution is 6.17. The molecule has 0 aliphatic rings. The maximum Gasteiger partial charge on any atom is 0.162 e. The molecule has 0 fully saturated rings. The van der Waals surface area contributed by atoms with Gasteiger partial charge in [-0.1, -0.05) is 23.7 Å². The van der Waals surface area contributed by atoms with Crippen molar-refractivity contribution in [3.05, 3.63) is 29.8 Å². The predicted octanol–water partition coefficient (Wildman–Crippen LogP) is 1.72. The van der Waals surface area contributed by atoms with Crippen LogP contribution in [0.25, 0.3) is 0 Å². The van der Waals surface area contributed by atoms with E-state index in [9.17, 15) is 0 Å². The summed E-state index contributed by atoms with van der Waals surface area (Å²) < 4.78 is 5.03. The molecule has 0 heterocycles. The van der Waals surface area contributed by atoms with Crippen molar-refractivity contribution in [1.82, 2.24) is 0 Å². The van der Waals surface area contributed by atoms with Crippen molar-refractivity contribution in [2.24, 2.45) is 5.73 Å². The minimum absolute atomic E-state index is 0.183. The molecule has 0 aromatic heterocycles. The van der Waals surface area contributed by atoms with E-state index in [2.05, 4.69) is 0 Å². The van der Waals surface area contributed by atoms with E-state index in [1.54, 1.807) is 0 Å². The largest absolute Gasteiger partial charge is 0.478 e. The van der Waals surface area contributed by atoms with Crippen molar-refractivity contribution in [2.45, 2.75) is 6.54 Å². The highest BCUT2D eigenvalue weighted by atomic mass is 35.5. The van der Waals surface area contributed by atoms with E-state index >= 15 is 0 Å². The number of halogens is 1. The van der Waals surface area contributed by atoms with Crippen molar-refractivity contribution in [1.29, 1.82) is 0 Å². The molecule has 0 unspecified atom stereocenters. The number of nitrogens with two attached hydrogens (primary N) is 1. The van der Waals surface area contributed by atoms with Crippen LogP contribution in [0.1, 0.15) is 5.56 Å². The lowest BCUT2D eigenvalue weighted by molar-refractivity contribution is 0.388. The summed E-state index contributed by atoms with van der Waals surface area (Å²) in [6.45, 7) is 0.557. The fourth-order valence-corrected chi connectivity index (χ4v) is 0.911. The highest BCUT2D eigenvalue weighted by Gasteiger charge is 1.91. The van der Waals surface area contributed by atoms with Crippen LogP contribution in [0.3, 0.4) is 0 Å². The van der Waals surface area contributed by atoms with E-state index in [0.29, 0.717) is 6.54 Å². The van der Waals surface area contributed by atoms with Crippen molar-refractivity contribution in [2.75, 3.05) is 6.07 Å². The van der Waals surface area contributed by atoms with Gasteiger partial charge in [0.2, 0.25) is 0 Å². The predicted molar refractivity (Wildman–Crippen MR) is 45.7 cm³/mol. The second-order valence-electron chi connectivity index (χ2n) is 2.10. The molecule has 0 atom stereocenters. The normalized spacial score (nSPS) is 9.64.